The van der Waals surface area contributed by atoms with Gasteiger partial charge in [0.25, 0.3) is 17.5 Å². The molecule has 1 fully saturated rings. The average molecular weight is 370 g/mol. The zero-order valence-corrected chi connectivity index (χ0v) is 14.4. The number of nitrogens with zero attached hydrogens (tertiary/aromatic N) is 2. The summed E-state index contributed by atoms with van der Waals surface area (Å²) in [4.78, 5) is 37.0. The van der Waals surface area contributed by atoms with Gasteiger partial charge in [-0.2, -0.15) is 0 Å². The first-order chi connectivity index (χ1) is 13.1. The Balaban J connectivity index is 1.72. The molecular weight excluding hydrogens is 352 g/mol. The van der Waals surface area contributed by atoms with Crippen molar-refractivity contribution in [2.24, 2.45) is 0 Å². The highest BCUT2D eigenvalue weighted by Gasteiger charge is 2.23. The van der Waals surface area contributed by atoms with Crippen LogP contribution in [-0.4, -0.2) is 43.0 Å². The van der Waals surface area contributed by atoms with E-state index in [1.165, 1.54) is 18.2 Å². The van der Waals surface area contributed by atoms with Gasteiger partial charge >= 0.3 is 0 Å². The second-order valence-electron chi connectivity index (χ2n) is 5.83. The van der Waals surface area contributed by atoms with Crippen LogP contribution in [0.15, 0.2) is 48.5 Å². The fourth-order valence-corrected chi connectivity index (χ4v) is 2.73. The van der Waals surface area contributed by atoms with Gasteiger partial charge in [0, 0.05) is 30.3 Å². The van der Waals surface area contributed by atoms with Gasteiger partial charge in [-0.25, -0.2) is 0 Å². The predicted octanol–water partition coefficient (Wildman–Crippen LogP) is 1.51. The van der Waals surface area contributed by atoms with Crippen molar-refractivity contribution in [3.05, 3.63) is 69.8 Å². The number of carbonyl (C=O) groups excluding carboxylic acids is 2. The third-order valence-electron chi connectivity index (χ3n) is 4.11. The zero-order chi connectivity index (χ0) is 19.2. The Labute approximate surface area is 155 Å². The van der Waals surface area contributed by atoms with E-state index >= 15 is 0 Å². The van der Waals surface area contributed by atoms with Gasteiger partial charge in [0.1, 0.15) is 5.69 Å². The Kier molecular flexibility index (Phi) is 5.62. The second kappa shape index (κ2) is 8.28. The van der Waals surface area contributed by atoms with E-state index in [0.29, 0.717) is 37.6 Å². The van der Waals surface area contributed by atoms with Crippen molar-refractivity contribution in [1.82, 2.24) is 10.9 Å². The minimum absolute atomic E-state index is 0.0760. The molecule has 0 saturated carbocycles. The molecule has 27 heavy (non-hydrogen) atoms. The molecule has 0 bridgehead atoms. The van der Waals surface area contributed by atoms with Crippen LogP contribution in [0.1, 0.15) is 20.7 Å². The van der Waals surface area contributed by atoms with Crippen molar-refractivity contribution in [3.8, 4) is 0 Å². The number of nitro groups is 1. The molecule has 1 heterocycles. The molecule has 2 amide bonds. The van der Waals surface area contributed by atoms with Gasteiger partial charge in [-0.15, -0.1) is 0 Å². The first-order valence-electron chi connectivity index (χ1n) is 8.33. The van der Waals surface area contributed by atoms with Gasteiger partial charge in [0.05, 0.1) is 18.1 Å². The molecule has 2 N–H and O–H groups in total. The second-order valence-corrected chi connectivity index (χ2v) is 5.83. The molecule has 1 aliphatic rings. The standard InChI is InChI=1S/C18H18N4O5/c23-17(13-4-2-1-3-5-13)19-20-18(24)14-6-7-15(16(12-14)22(25)26)21-8-10-27-11-9-21/h1-7,12H,8-11H2,(H,19,23)(H,20,24). The Morgan fingerprint density at radius 2 is 1.59 bits per heavy atom. The Bertz CT molecular complexity index is 850. The van der Waals surface area contributed by atoms with Gasteiger partial charge in [0.2, 0.25) is 0 Å². The minimum atomic E-state index is -0.643. The summed E-state index contributed by atoms with van der Waals surface area (Å²) >= 11 is 0. The predicted molar refractivity (Wildman–Crippen MR) is 97.5 cm³/mol. The summed E-state index contributed by atoms with van der Waals surface area (Å²) in [5, 5.41) is 11.4. The van der Waals surface area contributed by atoms with Gasteiger partial charge in [-0.3, -0.25) is 30.6 Å². The Hall–Kier alpha value is -3.46. The molecule has 2 aromatic carbocycles. The highest BCUT2D eigenvalue weighted by Crippen LogP contribution is 2.29. The molecule has 3 rings (SSSR count). The van der Waals surface area contributed by atoms with Crippen molar-refractivity contribution < 1.29 is 19.2 Å². The molecular formula is C18H18N4O5. The van der Waals surface area contributed by atoms with Crippen molar-refractivity contribution >= 4 is 23.2 Å². The molecule has 0 aliphatic carbocycles. The maximum atomic E-state index is 12.3. The number of nitrogens with one attached hydrogen (secondary N) is 2. The fraction of sp³-hybridized carbons (Fsp3) is 0.222. The van der Waals surface area contributed by atoms with Crippen LogP contribution in [0.25, 0.3) is 0 Å². The highest BCUT2D eigenvalue weighted by atomic mass is 16.6. The van der Waals surface area contributed by atoms with Gasteiger partial charge in [0.15, 0.2) is 0 Å². The normalized spacial score (nSPS) is 13.7. The fourth-order valence-electron chi connectivity index (χ4n) is 2.73. The summed E-state index contributed by atoms with van der Waals surface area (Å²) in [7, 11) is 0. The number of benzene rings is 2. The number of amides is 2. The van der Waals surface area contributed by atoms with E-state index < -0.39 is 16.7 Å². The van der Waals surface area contributed by atoms with Crippen LogP contribution < -0.4 is 15.8 Å². The molecule has 0 aromatic heterocycles. The van der Waals surface area contributed by atoms with E-state index in [4.69, 9.17) is 4.74 Å². The summed E-state index contributed by atoms with van der Waals surface area (Å²) in [6, 6.07) is 12.6. The highest BCUT2D eigenvalue weighted by molar-refractivity contribution is 5.99. The lowest BCUT2D eigenvalue weighted by Gasteiger charge is -2.28. The number of rotatable bonds is 4. The third kappa shape index (κ3) is 4.39. The summed E-state index contributed by atoms with van der Waals surface area (Å²) < 4.78 is 5.26. The number of anilines is 1. The quantitative estimate of drug-likeness (QED) is 0.623. The molecule has 140 valence electrons. The molecule has 1 aliphatic heterocycles. The van der Waals surface area contributed by atoms with Gasteiger partial charge in [-0.1, -0.05) is 18.2 Å². The van der Waals surface area contributed by atoms with Crippen LogP contribution in [-0.2, 0) is 4.74 Å². The third-order valence-corrected chi connectivity index (χ3v) is 4.11. The number of hydrogen-bond acceptors (Lipinski definition) is 6. The van der Waals surface area contributed by atoms with Crippen LogP contribution in [0.4, 0.5) is 11.4 Å². The van der Waals surface area contributed by atoms with E-state index in [-0.39, 0.29) is 11.3 Å². The molecule has 9 heteroatoms. The van der Waals surface area contributed by atoms with Crippen LogP contribution in [0.2, 0.25) is 0 Å². The molecule has 1 saturated heterocycles. The molecule has 0 spiro atoms. The molecule has 9 nitrogen and oxygen atoms in total. The number of carbonyl (C=O) groups is 2. The lowest BCUT2D eigenvalue weighted by molar-refractivity contribution is -0.384. The smallest absolute Gasteiger partial charge is 0.293 e. The van der Waals surface area contributed by atoms with E-state index in [1.807, 2.05) is 4.90 Å². The van der Waals surface area contributed by atoms with Crippen molar-refractivity contribution in [1.29, 1.82) is 0 Å². The van der Waals surface area contributed by atoms with Crippen LogP contribution in [0.5, 0.6) is 0 Å². The Morgan fingerprint density at radius 1 is 0.963 bits per heavy atom. The maximum absolute atomic E-state index is 12.3. The van der Waals surface area contributed by atoms with Gasteiger partial charge in [-0.05, 0) is 24.3 Å². The SMILES string of the molecule is O=C(NNC(=O)c1ccc(N2CCOCC2)c([N+](=O)[O-])c1)c1ccccc1. The summed E-state index contributed by atoms with van der Waals surface area (Å²) in [6.07, 6.45) is 0. The van der Waals surface area contributed by atoms with Gasteiger partial charge < -0.3 is 9.64 Å². The van der Waals surface area contributed by atoms with Crippen LogP contribution >= 0.6 is 0 Å². The van der Waals surface area contributed by atoms with Crippen LogP contribution in [0, 0.1) is 10.1 Å². The first-order valence-corrected chi connectivity index (χ1v) is 8.33. The molecule has 2 aromatic rings. The molecule has 0 atom stereocenters. The number of nitro benzene ring substituents is 1. The van der Waals surface area contributed by atoms with Crippen molar-refractivity contribution in [3.63, 3.8) is 0 Å². The molecule has 0 unspecified atom stereocenters. The largest absolute Gasteiger partial charge is 0.378 e. The van der Waals surface area contributed by atoms with E-state index in [0.717, 1.165) is 0 Å². The topological polar surface area (TPSA) is 114 Å². The first kappa shape index (κ1) is 18.3. The number of ether oxygens (including phenoxy) is 1. The molecule has 0 radical (unpaired) electrons. The maximum Gasteiger partial charge on any atom is 0.293 e. The van der Waals surface area contributed by atoms with Crippen molar-refractivity contribution in [2.75, 3.05) is 31.2 Å². The lowest BCUT2D eigenvalue weighted by Crippen LogP contribution is -2.41. The van der Waals surface area contributed by atoms with E-state index in [9.17, 15) is 19.7 Å². The minimum Gasteiger partial charge on any atom is -0.378 e. The summed E-state index contributed by atoms with van der Waals surface area (Å²) in [5.41, 5.74) is 5.28. The zero-order valence-electron chi connectivity index (χ0n) is 14.4. The number of hydrogen-bond donors (Lipinski definition) is 2. The Morgan fingerprint density at radius 3 is 2.22 bits per heavy atom. The monoisotopic (exact) mass is 370 g/mol. The van der Waals surface area contributed by atoms with Crippen molar-refractivity contribution in [2.45, 2.75) is 0 Å². The number of hydrazine groups is 1. The summed E-state index contributed by atoms with van der Waals surface area (Å²) in [6.45, 7) is 2.06. The lowest BCUT2D eigenvalue weighted by atomic mass is 10.1. The van der Waals surface area contributed by atoms with E-state index in [1.54, 1.807) is 30.3 Å². The van der Waals surface area contributed by atoms with Crippen LogP contribution in [0.3, 0.4) is 0 Å². The van der Waals surface area contributed by atoms with E-state index in [2.05, 4.69) is 10.9 Å². The summed E-state index contributed by atoms with van der Waals surface area (Å²) in [5.74, 6) is -1.13. The number of morpholine rings is 1. The average Bonchev–Trinajstić information content (AvgIpc) is 2.72.